The van der Waals surface area contributed by atoms with Gasteiger partial charge in [-0.2, -0.15) is 4.31 Å². The van der Waals surface area contributed by atoms with E-state index in [9.17, 15) is 13.2 Å². The number of morpholine rings is 1. The van der Waals surface area contributed by atoms with Crippen LogP contribution in [0.25, 0.3) is 5.65 Å². The smallest absolute Gasteiger partial charge is 0.255 e. The number of ether oxygens (including phenoxy) is 2. The minimum absolute atomic E-state index is 0.0125. The highest BCUT2D eigenvalue weighted by Crippen LogP contribution is 2.20. The SMILES string of the molecule is Cc1cccn2cc(COc3ccccc3C(=O)NCCS(=O)(=O)N3CCOCC3)nc12. The minimum Gasteiger partial charge on any atom is -0.486 e. The molecule has 1 N–H and O–H groups in total. The highest BCUT2D eigenvalue weighted by atomic mass is 32.2. The first-order valence-corrected chi connectivity index (χ1v) is 12.0. The van der Waals surface area contributed by atoms with Crippen molar-refractivity contribution < 1.29 is 22.7 Å². The molecule has 3 heterocycles. The second-order valence-electron chi connectivity index (χ2n) is 7.52. The number of hydrogen-bond donors (Lipinski definition) is 1. The molecule has 0 saturated carbocycles. The quantitative estimate of drug-likeness (QED) is 0.550. The largest absolute Gasteiger partial charge is 0.486 e. The molecule has 2 aromatic heterocycles. The van der Waals surface area contributed by atoms with Crippen LogP contribution in [-0.4, -0.2) is 66.6 Å². The maximum atomic E-state index is 12.7. The van der Waals surface area contributed by atoms with Crippen LogP contribution in [-0.2, 0) is 21.4 Å². The number of aryl methyl sites for hydroxylation is 1. The van der Waals surface area contributed by atoms with Gasteiger partial charge >= 0.3 is 0 Å². The Labute approximate surface area is 187 Å². The van der Waals surface area contributed by atoms with Crippen molar-refractivity contribution in [2.45, 2.75) is 13.5 Å². The second kappa shape index (κ2) is 9.68. The zero-order valence-corrected chi connectivity index (χ0v) is 18.7. The lowest BCUT2D eigenvalue weighted by Crippen LogP contribution is -2.43. The van der Waals surface area contributed by atoms with E-state index in [1.807, 2.05) is 35.9 Å². The van der Waals surface area contributed by atoms with Crippen LogP contribution in [0.5, 0.6) is 5.75 Å². The molecule has 4 rings (SSSR count). The third-order valence-electron chi connectivity index (χ3n) is 5.24. The number of benzene rings is 1. The number of pyridine rings is 1. The monoisotopic (exact) mass is 458 g/mol. The standard InChI is InChI=1S/C22H26N4O5S/c1-17-5-4-9-25-15-18(24-21(17)25)16-31-20-7-3-2-6-19(20)22(27)23-8-14-32(28,29)26-10-12-30-13-11-26/h2-7,9,15H,8,10-14,16H2,1H3,(H,23,27). The number of hydrogen-bond acceptors (Lipinski definition) is 6. The summed E-state index contributed by atoms with van der Waals surface area (Å²) in [5.74, 6) is -0.138. The fraction of sp³-hybridized carbons (Fsp3) is 0.364. The van der Waals surface area contributed by atoms with Crippen molar-refractivity contribution in [3.05, 3.63) is 65.6 Å². The molecule has 32 heavy (non-hydrogen) atoms. The Hall–Kier alpha value is -2.95. The van der Waals surface area contributed by atoms with E-state index in [-0.39, 0.29) is 24.8 Å². The van der Waals surface area contributed by atoms with E-state index in [1.54, 1.807) is 24.3 Å². The van der Waals surface area contributed by atoms with E-state index in [1.165, 1.54) is 4.31 Å². The topological polar surface area (TPSA) is 102 Å². The maximum absolute atomic E-state index is 12.7. The number of carbonyl (C=O) groups excluding carboxylic acids is 1. The number of rotatable bonds is 8. The van der Waals surface area contributed by atoms with Gasteiger partial charge in [0, 0.05) is 32.0 Å². The number of nitrogens with zero attached hydrogens (tertiary/aromatic N) is 3. The highest BCUT2D eigenvalue weighted by molar-refractivity contribution is 7.89. The Kier molecular flexibility index (Phi) is 6.73. The first-order valence-electron chi connectivity index (χ1n) is 10.4. The molecule has 0 atom stereocenters. The molecular formula is C22H26N4O5S. The predicted octanol–water partition coefficient (Wildman–Crippen LogP) is 1.61. The fourth-order valence-corrected chi connectivity index (χ4v) is 4.87. The van der Waals surface area contributed by atoms with Crippen LogP contribution in [0, 0.1) is 6.92 Å². The summed E-state index contributed by atoms with van der Waals surface area (Å²) < 4.78 is 39.2. The first kappa shape index (κ1) is 22.3. The minimum atomic E-state index is -3.44. The second-order valence-corrected chi connectivity index (χ2v) is 9.61. The summed E-state index contributed by atoms with van der Waals surface area (Å²) in [7, 11) is -3.44. The van der Waals surface area contributed by atoms with Gasteiger partial charge in [-0.3, -0.25) is 4.79 Å². The molecule has 170 valence electrons. The Morgan fingerprint density at radius 3 is 2.75 bits per heavy atom. The van der Waals surface area contributed by atoms with Crippen LogP contribution in [0.1, 0.15) is 21.6 Å². The molecule has 10 heteroatoms. The number of fused-ring (bicyclic) bond motifs is 1. The molecule has 1 amide bonds. The van der Waals surface area contributed by atoms with Gasteiger partial charge in [-0.05, 0) is 30.7 Å². The molecular weight excluding hydrogens is 432 g/mol. The summed E-state index contributed by atoms with van der Waals surface area (Å²) in [4.78, 5) is 17.3. The summed E-state index contributed by atoms with van der Waals surface area (Å²) in [6, 6.07) is 10.8. The van der Waals surface area contributed by atoms with Crippen molar-refractivity contribution in [1.29, 1.82) is 0 Å². The van der Waals surface area contributed by atoms with Crippen LogP contribution in [0.4, 0.5) is 0 Å². The maximum Gasteiger partial charge on any atom is 0.255 e. The summed E-state index contributed by atoms with van der Waals surface area (Å²) in [5, 5.41) is 2.69. The Morgan fingerprint density at radius 2 is 1.97 bits per heavy atom. The van der Waals surface area contributed by atoms with E-state index in [2.05, 4.69) is 10.3 Å². The highest BCUT2D eigenvalue weighted by Gasteiger charge is 2.24. The summed E-state index contributed by atoms with van der Waals surface area (Å²) in [6.07, 6.45) is 3.81. The third kappa shape index (κ3) is 5.09. The molecule has 0 unspecified atom stereocenters. The van der Waals surface area contributed by atoms with Gasteiger partial charge in [0.15, 0.2) is 0 Å². The summed E-state index contributed by atoms with van der Waals surface area (Å²) in [5.41, 5.74) is 3.01. The Morgan fingerprint density at radius 1 is 1.19 bits per heavy atom. The normalized spacial score (nSPS) is 15.0. The van der Waals surface area contributed by atoms with Gasteiger partial charge in [0.1, 0.15) is 18.0 Å². The fourth-order valence-electron chi connectivity index (χ4n) is 3.55. The van der Waals surface area contributed by atoms with Crippen molar-refractivity contribution in [3.8, 4) is 5.75 Å². The van der Waals surface area contributed by atoms with Crippen molar-refractivity contribution in [3.63, 3.8) is 0 Å². The van der Waals surface area contributed by atoms with Gasteiger partial charge in [0.05, 0.1) is 30.2 Å². The average Bonchev–Trinajstić information content (AvgIpc) is 3.23. The van der Waals surface area contributed by atoms with Gasteiger partial charge in [0.2, 0.25) is 10.0 Å². The van der Waals surface area contributed by atoms with E-state index in [0.29, 0.717) is 37.6 Å². The molecule has 0 bridgehead atoms. The van der Waals surface area contributed by atoms with E-state index >= 15 is 0 Å². The van der Waals surface area contributed by atoms with Gasteiger partial charge in [-0.25, -0.2) is 13.4 Å². The molecule has 0 spiro atoms. The average molecular weight is 459 g/mol. The van der Waals surface area contributed by atoms with Gasteiger partial charge in [0.25, 0.3) is 5.91 Å². The molecule has 3 aromatic rings. The molecule has 1 aliphatic rings. The molecule has 1 aromatic carbocycles. The number of imidazole rings is 1. The number of amides is 1. The zero-order valence-electron chi connectivity index (χ0n) is 17.9. The molecule has 0 aliphatic carbocycles. The summed E-state index contributed by atoms with van der Waals surface area (Å²) >= 11 is 0. The van der Waals surface area contributed by atoms with E-state index in [0.717, 1.165) is 16.9 Å². The van der Waals surface area contributed by atoms with Crippen molar-refractivity contribution in [1.82, 2.24) is 19.0 Å². The number of para-hydroxylation sites is 1. The lowest BCUT2D eigenvalue weighted by Gasteiger charge is -2.26. The molecule has 1 fully saturated rings. The third-order valence-corrected chi connectivity index (χ3v) is 7.12. The van der Waals surface area contributed by atoms with Crippen LogP contribution < -0.4 is 10.1 Å². The predicted molar refractivity (Wildman–Crippen MR) is 119 cm³/mol. The van der Waals surface area contributed by atoms with Crippen LogP contribution in [0.15, 0.2) is 48.8 Å². The number of carbonyl (C=O) groups is 1. The Balaban J connectivity index is 1.36. The molecule has 0 radical (unpaired) electrons. The van der Waals surface area contributed by atoms with Crippen molar-refractivity contribution >= 4 is 21.6 Å². The van der Waals surface area contributed by atoms with Gasteiger partial charge in [-0.1, -0.05) is 18.2 Å². The first-order chi connectivity index (χ1) is 15.4. The van der Waals surface area contributed by atoms with E-state index in [4.69, 9.17) is 9.47 Å². The van der Waals surface area contributed by atoms with Crippen LogP contribution in [0.3, 0.4) is 0 Å². The van der Waals surface area contributed by atoms with Gasteiger partial charge in [-0.15, -0.1) is 0 Å². The molecule has 9 nitrogen and oxygen atoms in total. The van der Waals surface area contributed by atoms with Crippen molar-refractivity contribution in [2.24, 2.45) is 0 Å². The van der Waals surface area contributed by atoms with Crippen LogP contribution in [0.2, 0.25) is 0 Å². The summed E-state index contributed by atoms with van der Waals surface area (Å²) in [6.45, 7) is 3.68. The van der Waals surface area contributed by atoms with E-state index < -0.39 is 10.0 Å². The lowest BCUT2D eigenvalue weighted by atomic mass is 10.2. The Bertz CT molecular complexity index is 1200. The lowest BCUT2D eigenvalue weighted by molar-refractivity contribution is 0.0730. The number of nitrogens with one attached hydrogen (secondary N) is 1. The van der Waals surface area contributed by atoms with Crippen LogP contribution >= 0.6 is 0 Å². The van der Waals surface area contributed by atoms with Crippen molar-refractivity contribution in [2.75, 3.05) is 38.6 Å². The zero-order chi connectivity index (χ0) is 22.6. The van der Waals surface area contributed by atoms with Gasteiger partial charge < -0.3 is 19.2 Å². The number of sulfonamides is 1. The number of aromatic nitrogens is 2. The molecule has 1 aliphatic heterocycles. The molecule has 1 saturated heterocycles.